The van der Waals surface area contributed by atoms with Crippen molar-refractivity contribution in [1.82, 2.24) is 25.1 Å². The molecule has 21 heavy (non-hydrogen) atoms. The molecule has 7 heteroatoms. The standard InChI is InChI=1S/C14H9N5O2/c20-13-10-5-16-12-9(6-17-18-12)11(10)14(21)19(13)7-8-2-1-3-15-4-8/h1-6H,7H2,(H,16,17,18). The zero-order chi connectivity index (χ0) is 14.4. The lowest BCUT2D eigenvalue weighted by atomic mass is 10.1. The topological polar surface area (TPSA) is 91.8 Å². The lowest BCUT2D eigenvalue weighted by molar-refractivity contribution is 0.0643. The van der Waals surface area contributed by atoms with Crippen LogP contribution in [0.3, 0.4) is 0 Å². The molecular formula is C14H9N5O2. The number of aromatic amines is 1. The van der Waals surface area contributed by atoms with Crippen molar-refractivity contribution in [3.63, 3.8) is 0 Å². The van der Waals surface area contributed by atoms with Crippen LogP contribution in [0.25, 0.3) is 11.0 Å². The number of H-pyrrole nitrogens is 1. The second-order valence-corrected chi connectivity index (χ2v) is 4.74. The summed E-state index contributed by atoms with van der Waals surface area (Å²) in [5.41, 5.74) is 1.97. The first-order valence-corrected chi connectivity index (χ1v) is 6.33. The van der Waals surface area contributed by atoms with Crippen molar-refractivity contribution in [3.8, 4) is 0 Å². The first-order chi connectivity index (χ1) is 10.3. The Balaban J connectivity index is 1.79. The van der Waals surface area contributed by atoms with E-state index in [1.54, 1.807) is 18.5 Å². The molecule has 0 atom stereocenters. The number of carbonyl (C=O) groups excluding carboxylic acids is 2. The summed E-state index contributed by atoms with van der Waals surface area (Å²) in [4.78, 5) is 34.2. The Hall–Kier alpha value is -3.09. The molecular weight excluding hydrogens is 270 g/mol. The molecule has 0 aromatic carbocycles. The van der Waals surface area contributed by atoms with Crippen molar-refractivity contribution in [1.29, 1.82) is 0 Å². The smallest absolute Gasteiger partial charge is 0.263 e. The van der Waals surface area contributed by atoms with Crippen molar-refractivity contribution < 1.29 is 9.59 Å². The van der Waals surface area contributed by atoms with E-state index in [9.17, 15) is 9.59 Å². The number of aromatic nitrogens is 4. The highest BCUT2D eigenvalue weighted by Crippen LogP contribution is 2.28. The van der Waals surface area contributed by atoms with E-state index in [1.165, 1.54) is 17.3 Å². The number of nitrogens with one attached hydrogen (secondary N) is 1. The van der Waals surface area contributed by atoms with Gasteiger partial charge in [-0.2, -0.15) is 5.10 Å². The average Bonchev–Trinajstić information content (AvgIpc) is 3.07. The quantitative estimate of drug-likeness (QED) is 0.710. The van der Waals surface area contributed by atoms with Crippen LogP contribution < -0.4 is 0 Å². The molecule has 0 saturated heterocycles. The highest BCUT2D eigenvalue weighted by atomic mass is 16.2. The van der Waals surface area contributed by atoms with E-state index >= 15 is 0 Å². The van der Waals surface area contributed by atoms with Crippen LogP contribution in [0.2, 0.25) is 0 Å². The van der Waals surface area contributed by atoms with Crippen LogP contribution in [0, 0.1) is 0 Å². The molecule has 2 amide bonds. The summed E-state index contributed by atoms with van der Waals surface area (Å²) < 4.78 is 0. The van der Waals surface area contributed by atoms with Gasteiger partial charge in [0.1, 0.15) is 0 Å². The van der Waals surface area contributed by atoms with Crippen molar-refractivity contribution in [2.24, 2.45) is 0 Å². The predicted octanol–water partition coefficient (Wildman–Crippen LogP) is 1.15. The number of carbonyl (C=O) groups is 2. The minimum atomic E-state index is -0.338. The summed E-state index contributed by atoms with van der Waals surface area (Å²) >= 11 is 0. The number of pyridine rings is 2. The third kappa shape index (κ3) is 1.64. The maximum absolute atomic E-state index is 12.5. The van der Waals surface area contributed by atoms with Crippen molar-refractivity contribution >= 4 is 22.8 Å². The molecule has 1 N–H and O–H groups in total. The molecule has 3 aromatic heterocycles. The fraction of sp³-hybridized carbons (Fsp3) is 0.0714. The Morgan fingerprint density at radius 2 is 2.05 bits per heavy atom. The van der Waals surface area contributed by atoms with E-state index < -0.39 is 0 Å². The molecule has 3 aromatic rings. The first-order valence-electron chi connectivity index (χ1n) is 6.33. The molecule has 0 radical (unpaired) electrons. The fourth-order valence-corrected chi connectivity index (χ4v) is 2.48. The third-order valence-corrected chi connectivity index (χ3v) is 3.48. The van der Waals surface area contributed by atoms with E-state index in [-0.39, 0.29) is 18.4 Å². The van der Waals surface area contributed by atoms with Gasteiger partial charge in [-0.15, -0.1) is 0 Å². The van der Waals surface area contributed by atoms with Crippen LogP contribution in [-0.4, -0.2) is 36.9 Å². The molecule has 0 fully saturated rings. The number of amides is 2. The van der Waals surface area contributed by atoms with Gasteiger partial charge in [-0.25, -0.2) is 4.98 Å². The van der Waals surface area contributed by atoms with E-state index in [4.69, 9.17) is 0 Å². The molecule has 1 aliphatic rings. The lowest BCUT2D eigenvalue weighted by Gasteiger charge is -2.13. The van der Waals surface area contributed by atoms with E-state index in [1.807, 2.05) is 6.07 Å². The minimum Gasteiger partial charge on any atom is -0.270 e. The molecule has 4 heterocycles. The van der Waals surface area contributed by atoms with Gasteiger partial charge in [-0.05, 0) is 11.6 Å². The molecule has 0 unspecified atom stereocenters. The van der Waals surface area contributed by atoms with Gasteiger partial charge >= 0.3 is 0 Å². The summed E-state index contributed by atoms with van der Waals surface area (Å²) in [6.45, 7) is 0.194. The summed E-state index contributed by atoms with van der Waals surface area (Å²) in [6, 6.07) is 3.59. The van der Waals surface area contributed by atoms with Gasteiger partial charge in [-0.3, -0.25) is 24.6 Å². The summed E-state index contributed by atoms with van der Waals surface area (Å²) in [5, 5.41) is 7.13. The molecule has 0 bridgehead atoms. The second-order valence-electron chi connectivity index (χ2n) is 4.74. The van der Waals surface area contributed by atoms with Crippen LogP contribution in [0.15, 0.2) is 36.9 Å². The summed E-state index contributed by atoms with van der Waals surface area (Å²) in [7, 11) is 0. The molecule has 1 aliphatic heterocycles. The van der Waals surface area contributed by atoms with Gasteiger partial charge in [0.05, 0.1) is 29.3 Å². The normalized spacial score (nSPS) is 14.0. The van der Waals surface area contributed by atoms with Gasteiger partial charge < -0.3 is 0 Å². The van der Waals surface area contributed by atoms with Gasteiger partial charge in [0.25, 0.3) is 11.8 Å². The van der Waals surface area contributed by atoms with Crippen LogP contribution in [-0.2, 0) is 6.54 Å². The van der Waals surface area contributed by atoms with Gasteiger partial charge in [-0.1, -0.05) is 6.07 Å². The fourth-order valence-electron chi connectivity index (χ4n) is 2.48. The van der Waals surface area contributed by atoms with Crippen molar-refractivity contribution in [3.05, 3.63) is 53.6 Å². The highest BCUT2D eigenvalue weighted by molar-refractivity contribution is 6.25. The van der Waals surface area contributed by atoms with Gasteiger partial charge in [0.15, 0.2) is 5.65 Å². The van der Waals surface area contributed by atoms with Crippen LogP contribution in [0.4, 0.5) is 0 Å². The van der Waals surface area contributed by atoms with Crippen LogP contribution in [0.1, 0.15) is 26.3 Å². The summed E-state index contributed by atoms with van der Waals surface area (Å²) in [6.07, 6.45) is 6.21. The van der Waals surface area contributed by atoms with Crippen LogP contribution in [0.5, 0.6) is 0 Å². The SMILES string of the molecule is O=C1c2cnc3[nH]ncc3c2C(=O)N1Cc1cccnc1. The molecule has 102 valence electrons. The zero-order valence-electron chi connectivity index (χ0n) is 10.8. The average molecular weight is 279 g/mol. The third-order valence-electron chi connectivity index (χ3n) is 3.48. The number of fused-ring (bicyclic) bond motifs is 3. The maximum atomic E-state index is 12.5. The van der Waals surface area contributed by atoms with Crippen LogP contribution >= 0.6 is 0 Å². The summed E-state index contributed by atoms with van der Waals surface area (Å²) in [5.74, 6) is -0.665. The first kappa shape index (κ1) is 11.7. The van der Waals surface area contributed by atoms with Gasteiger partial charge in [0.2, 0.25) is 0 Å². The van der Waals surface area contributed by atoms with Gasteiger partial charge in [0, 0.05) is 18.6 Å². The molecule has 0 aliphatic carbocycles. The Morgan fingerprint density at radius 1 is 1.14 bits per heavy atom. The van der Waals surface area contributed by atoms with E-state index in [0.717, 1.165) is 5.56 Å². The Morgan fingerprint density at radius 3 is 2.86 bits per heavy atom. The Labute approximate surface area is 118 Å². The lowest BCUT2D eigenvalue weighted by Crippen LogP contribution is -2.29. The number of hydrogen-bond acceptors (Lipinski definition) is 5. The number of imide groups is 1. The Bertz CT molecular complexity index is 871. The Kier molecular flexibility index (Phi) is 2.34. The largest absolute Gasteiger partial charge is 0.270 e. The monoisotopic (exact) mass is 279 g/mol. The predicted molar refractivity (Wildman–Crippen MR) is 72.3 cm³/mol. The van der Waals surface area contributed by atoms with Crippen molar-refractivity contribution in [2.75, 3.05) is 0 Å². The maximum Gasteiger partial charge on any atom is 0.263 e. The van der Waals surface area contributed by atoms with Crippen molar-refractivity contribution in [2.45, 2.75) is 6.54 Å². The zero-order valence-corrected chi connectivity index (χ0v) is 10.8. The number of nitrogens with zero attached hydrogens (tertiary/aromatic N) is 4. The number of rotatable bonds is 2. The highest BCUT2D eigenvalue weighted by Gasteiger charge is 2.37. The van der Waals surface area contributed by atoms with E-state index in [0.29, 0.717) is 22.2 Å². The minimum absolute atomic E-state index is 0.194. The molecule has 7 nitrogen and oxygen atoms in total. The second kappa shape index (κ2) is 4.20. The number of hydrogen-bond donors (Lipinski definition) is 1. The molecule has 4 rings (SSSR count). The molecule has 0 saturated carbocycles. The molecule has 0 spiro atoms. The van der Waals surface area contributed by atoms with E-state index in [2.05, 4.69) is 20.2 Å².